The van der Waals surface area contributed by atoms with Crippen molar-refractivity contribution in [1.82, 2.24) is 9.55 Å². The van der Waals surface area contributed by atoms with Crippen LogP contribution in [0.2, 0.25) is 0 Å². The molecule has 2 heterocycles. The molecule has 2 aromatic carbocycles. The minimum Gasteiger partial charge on any atom is -0.477 e. The molecule has 0 aliphatic heterocycles. The standard InChI is InChI=1S/C20H12F2N2O4S2/c21-12-4-2-1-3-10(12)8-29-11-5-6-13(22)15(7-11)24-18(25)16-14(23-20(24)28)9-30-17(16)19(26)27/h1-7,9H,8H2,(H,23,28)(H,26,27). The number of thiophene rings is 1. The van der Waals surface area contributed by atoms with E-state index in [0.717, 1.165) is 17.4 Å². The highest BCUT2D eigenvalue weighted by Crippen LogP contribution is 2.27. The SMILES string of the molecule is O=C(O)c1scc2[nH]c(=O)n(-c3cc(SCc4ccccc4F)ccc3F)c(=O)c12. The zero-order valence-corrected chi connectivity index (χ0v) is 16.7. The summed E-state index contributed by atoms with van der Waals surface area (Å²) in [6, 6.07) is 10.1. The molecular formula is C20H12F2N2O4S2. The lowest BCUT2D eigenvalue weighted by Gasteiger charge is -2.09. The highest BCUT2D eigenvalue weighted by molar-refractivity contribution is 7.98. The van der Waals surface area contributed by atoms with Gasteiger partial charge in [-0.2, -0.15) is 0 Å². The van der Waals surface area contributed by atoms with E-state index in [1.54, 1.807) is 18.2 Å². The maximum atomic E-state index is 14.5. The van der Waals surface area contributed by atoms with E-state index in [2.05, 4.69) is 4.98 Å². The number of carboxylic acid groups (broad SMARTS) is 1. The summed E-state index contributed by atoms with van der Waals surface area (Å²) in [7, 11) is 0. The van der Waals surface area contributed by atoms with Gasteiger partial charge in [0.05, 0.1) is 16.6 Å². The number of rotatable bonds is 5. The van der Waals surface area contributed by atoms with E-state index in [-0.39, 0.29) is 33.0 Å². The van der Waals surface area contributed by atoms with Crippen LogP contribution in [-0.4, -0.2) is 20.6 Å². The second-order valence-corrected chi connectivity index (χ2v) is 8.15. The molecule has 0 saturated carbocycles. The van der Waals surface area contributed by atoms with Crippen molar-refractivity contribution in [3.63, 3.8) is 0 Å². The number of thioether (sulfide) groups is 1. The van der Waals surface area contributed by atoms with Gasteiger partial charge in [0.1, 0.15) is 16.5 Å². The quantitative estimate of drug-likeness (QED) is 0.452. The predicted octanol–water partition coefficient (Wildman–Crippen LogP) is 4.01. The Balaban J connectivity index is 1.80. The number of nitrogens with one attached hydrogen (secondary N) is 1. The van der Waals surface area contributed by atoms with Crippen molar-refractivity contribution in [2.45, 2.75) is 10.6 Å². The Hall–Kier alpha value is -3.24. The van der Waals surface area contributed by atoms with Crippen LogP contribution in [0.25, 0.3) is 16.6 Å². The van der Waals surface area contributed by atoms with Crippen LogP contribution < -0.4 is 11.2 Å². The van der Waals surface area contributed by atoms with E-state index in [1.165, 1.54) is 35.3 Å². The topological polar surface area (TPSA) is 92.2 Å². The van der Waals surface area contributed by atoms with E-state index >= 15 is 0 Å². The normalized spacial score (nSPS) is 11.1. The fraction of sp³-hybridized carbons (Fsp3) is 0.0500. The Morgan fingerprint density at radius 1 is 1.13 bits per heavy atom. The number of hydrogen-bond acceptors (Lipinski definition) is 5. The average Bonchev–Trinajstić information content (AvgIpc) is 3.13. The second kappa shape index (κ2) is 7.88. The summed E-state index contributed by atoms with van der Waals surface area (Å²) in [5, 5.41) is 10.4. The number of aromatic carboxylic acids is 1. The van der Waals surface area contributed by atoms with Crippen LogP contribution in [0.5, 0.6) is 0 Å². The molecule has 10 heteroatoms. The molecule has 0 bridgehead atoms. The van der Waals surface area contributed by atoms with Crippen molar-refractivity contribution in [3.8, 4) is 5.69 Å². The zero-order valence-electron chi connectivity index (χ0n) is 15.0. The van der Waals surface area contributed by atoms with Crippen LogP contribution in [0.4, 0.5) is 8.78 Å². The number of aromatic amines is 1. The largest absolute Gasteiger partial charge is 0.477 e. The number of aromatic nitrogens is 2. The summed E-state index contributed by atoms with van der Waals surface area (Å²) in [6.07, 6.45) is 0. The molecule has 152 valence electrons. The monoisotopic (exact) mass is 446 g/mol. The number of fused-ring (bicyclic) bond motifs is 1. The molecule has 0 atom stereocenters. The molecule has 0 amide bonds. The molecule has 2 aromatic heterocycles. The van der Waals surface area contributed by atoms with Crippen LogP contribution in [-0.2, 0) is 5.75 Å². The van der Waals surface area contributed by atoms with Crippen molar-refractivity contribution >= 4 is 40.0 Å². The molecule has 0 fully saturated rings. The van der Waals surface area contributed by atoms with Crippen molar-refractivity contribution in [2.75, 3.05) is 0 Å². The van der Waals surface area contributed by atoms with Gasteiger partial charge in [-0.05, 0) is 29.8 Å². The van der Waals surface area contributed by atoms with E-state index in [1.807, 2.05) is 0 Å². The third kappa shape index (κ3) is 3.55. The van der Waals surface area contributed by atoms with Crippen LogP contribution in [0.1, 0.15) is 15.2 Å². The van der Waals surface area contributed by atoms with Crippen molar-refractivity contribution in [2.24, 2.45) is 0 Å². The number of carbonyl (C=O) groups is 1. The molecular weight excluding hydrogens is 434 g/mol. The summed E-state index contributed by atoms with van der Waals surface area (Å²) in [5.74, 6) is -2.26. The van der Waals surface area contributed by atoms with Crippen LogP contribution >= 0.6 is 23.1 Å². The minimum atomic E-state index is -1.32. The van der Waals surface area contributed by atoms with Crippen molar-refractivity contribution in [3.05, 3.63) is 90.8 Å². The zero-order chi connectivity index (χ0) is 21.4. The average molecular weight is 446 g/mol. The number of H-pyrrole nitrogens is 1. The second-order valence-electron chi connectivity index (χ2n) is 6.22. The molecule has 0 aliphatic carbocycles. The summed E-state index contributed by atoms with van der Waals surface area (Å²) >= 11 is 2.00. The summed E-state index contributed by atoms with van der Waals surface area (Å²) in [6.45, 7) is 0. The molecule has 4 aromatic rings. The number of hydrogen-bond donors (Lipinski definition) is 2. The maximum absolute atomic E-state index is 14.5. The summed E-state index contributed by atoms with van der Waals surface area (Å²) < 4.78 is 28.9. The van der Waals surface area contributed by atoms with Gasteiger partial charge >= 0.3 is 11.7 Å². The van der Waals surface area contributed by atoms with Crippen LogP contribution in [0.15, 0.2) is 62.3 Å². The van der Waals surface area contributed by atoms with Gasteiger partial charge in [0.15, 0.2) is 0 Å². The molecule has 30 heavy (non-hydrogen) atoms. The highest BCUT2D eigenvalue weighted by atomic mass is 32.2. The molecule has 0 radical (unpaired) electrons. The molecule has 4 rings (SSSR count). The highest BCUT2D eigenvalue weighted by Gasteiger charge is 2.20. The van der Waals surface area contributed by atoms with Crippen LogP contribution in [0.3, 0.4) is 0 Å². The van der Waals surface area contributed by atoms with E-state index in [9.17, 15) is 28.3 Å². The predicted molar refractivity (Wildman–Crippen MR) is 111 cm³/mol. The third-order valence-electron chi connectivity index (χ3n) is 4.36. The lowest BCUT2D eigenvalue weighted by molar-refractivity contribution is 0.0704. The molecule has 0 spiro atoms. The molecule has 2 N–H and O–H groups in total. The summed E-state index contributed by atoms with van der Waals surface area (Å²) in [4.78, 5) is 39.4. The fourth-order valence-electron chi connectivity index (χ4n) is 2.94. The van der Waals surface area contributed by atoms with E-state index in [4.69, 9.17) is 0 Å². The Morgan fingerprint density at radius 2 is 1.90 bits per heavy atom. The fourth-order valence-corrected chi connectivity index (χ4v) is 4.69. The first-order valence-corrected chi connectivity index (χ1v) is 10.4. The minimum absolute atomic E-state index is 0.0779. The lowest BCUT2D eigenvalue weighted by atomic mass is 10.2. The van der Waals surface area contributed by atoms with Gasteiger partial charge in [0.2, 0.25) is 0 Å². The Kier molecular flexibility index (Phi) is 5.27. The smallest absolute Gasteiger partial charge is 0.346 e. The first kappa shape index (κ1) is 20.0. The van der Waals surface area contributed by atoms with Gasteiger partial charge in [0, 0.05) is 16.0 Å². The maximum Gasteiger partial charge on any atom is 0.346 e. The first-order chi connectivity index (χ1) is 14.4. The Bertz CT molecular complexity index is 1410. The van der Waals surface area contributed by atoms with Gasteiger partial charge in [0.25, 0.3) is 5.56 Å². The molecule has 0 unspecified atom stereocenters. The lowest BCUT2D eigenvalue weighted by Crippen LogP contribution is -2.34. The van der Waals surface area contributed by atoms with Crippen molar-refractivity contribution < 1.29 is 18.7 Å². The van der Waals surface area contributed by atoms with Crippen molar-refractivity contribution in [1.29, 1.82) is 0 Å². The summed E-state index contributed by atoms with van der Waals surface area (Å²) in [5.41, 5.74) is -1.60. The number of benzene rings is 2. The van der Waals surface area contributed by atoms with Gasteiger partial charge in [-0.3, -0.25) is 4.79 Å². The molecule has 0 saturated heterocycles. The van der Waals surface area contributed by atoms with E-state index < -0.39 is 23.0 Å². The van der Waals surface area contributed by atoms with Gasteiger partial charge in [-0.15, -0.1) is 23.1 Å². The van der Waals surface area contributed by atoms with E-state index in [0.29, 0.717) is 15.0 Å². The number of nitrogens with zero attached hydrogens (tertiary/aromatic N) is 1. The van der Waals surface area contributed by atoms with Gasteiger partial charge < -0.3 is 10.1 Å². The Labute approximate surface area is 175 Å². The van der Waals surface area contributed by atoms with Crippen LogP contribution in [0, 0.1) is 11.6 Å². The third-order valence-corrected chi connectivity index (χ3v) is 6.37. The van der Waals surface area contributed by atoms with Gasteiger partial charge in [-0.1, -0.05) is 18.2 Å². The number of carboxylic acids is 1. The Morgan fingerprint density at radius 3 is 2.63 bits per heavy atom. The first-order valence-electron chi connectivity index (χ1n) is 8.53. The molecule has 6 nitrogen and oxygen atoms in total. The number of halogens is 2. The van der Waals surface area contributed by atoms with Gasteiger partial charge in [-0.25, -0.2) is 22.9 Å². The molecule has 0 aliphatic rings.